The molecule has 11 heteroatoms. The Kier molecular flexibility index (Phi) is 4.82. The van der Waals surface area contributed by atoms with Gasteiger partial charge in [0.2, 0.25) is 5.91 Å². The van der Waals surface area contributed by atoms with Gasteiger partial charge in [0, 0.05) is 41.6 Å². The van der Waals surface area contributed by atoms with Gasteiger partial charge in [-0.2, -0.15) is 0 Å². The Bertz CT molecular complexity index is 1440. The molecule has 2 aromatic carbocycles. The average Bonchev–Trinajstić information content (AvgIpc) is 3.27. The molecule has 1 saturated carbocycles. The van der Waals surface area contributed by atoms with E-state index < -0.39 is 16.6 Å². The minimum Gasteiger partial charge on any atom is -0.484 e. The number of nitro benzene ring substituents is 1. The number of nitro groups is 1. The van der Waals surface area contributed by atoms with Crippen LogP contribution in [0.2, 0.25) is 0 Å². The maximum atomic E-state index is 12.6. The highest BCUT2D eigenvalue weighted by molar-refractivity contribution is 5.93. The number of non-ortho nitro benzene ring substituents is 1. The Labute approximate surface area is 205 Å². The molecule has 11 nitrogen and oxygen atoms in total. The highest BCUT2D eigenvalue weighted by atomic mass is 16.6. The number of rotatable bonds is 5. The SMILES string of the molecule is CC12Oc3ccc(Oc4ccnc5c4CCC(=O)N5)cc3[C@H]1[C@@H]2NC(=O)Nc1cccc([N+](=O)[O-])c1. The van der Waals surface area contributed by atoms with Gasteiger partial charge < -0.3 is 25.4 Å². The second-order valence-electron chi connectivity index (χ2n) is 9.13. The lowest BCUT2D eigenvalue weighted by Gasteiger charge is -2.19. The van der Waals surface area contributed by atoms with Gasteiger partial charge in [0.25, 0.3) is 5.69 Å². The Morgan fingerprint density at radius 2 is 2.11 bits per heavy atom. The maximum Gasteiger partial charge on any atom is 0.319 e. The number of benzene rings is 2. The van der Waals surface area contributed by atoms with Crippen LogP contribution in [0.25, 0.3) is 0 Å². The number of amides is 3. The molecule has 2 aliphatic heterocycles. The van der Waals surface area contributed by atoms with Crippen molar-refractivity contribution in [3.05, 3.63) is 76.0 Å². The van der Waals surface area contributed by atoms with Crippen molar-refractivity contribution < 1.29 is 24.0 Å². The Hall–Kier alpha value is -4.67. The van der Waals surface area contributed by atoms with E-state index in [1.807, 2.05) is 25.1 Å². The minimum atomic E-state index is -0.596. The van der Waals surface area contributed by atoms with E-state index in [4.69, 9.17) is 9.47 Å². The van der Waals surface area contributed by atoms with Crippen molar-refractivity contribution in [3.63, 3.8) is 0 Å². The van der Waals surface area contributed by atoms with Gasteiger partial charge in [-0.1, -0.05) is 6.07 Å². The van der Waals surface area contributed by atoms with Gasteiger partial charge in [0.05, 0.1) is 16.9 Å². The number of aromatic nitrogens is 1. The lowest BCUT2D eigenvalue weighted by molar-refractivity contribution is -0.384. The second-order valence-corrected chi connectivity index (χ2v) is 9.13. The monoisotopic (exact) mass is 487 g/mol. The van der Waals surface area contributed by atoms with Crippen LogP contribution in [0, 0.1) is 10.1 Å². The van der Waals surface area contributed by atoms with Gasteiger partial charge in [-0.05, 0) is 43.7 Å². The van der Waals surface area contributed by atoms with Gasteiger partial charge in [0.1, 0.15) is 28.7 Å². The molecule has 3 amide bonds. The Balaban J connectivity index is 1.17. The number of ether oxygens (including phenoxy) is 2. The fourth-order valence-corrected chi connectivity index (χ4v) is 4.98. The van der Waals surface area contributed by atoms with Crippen molar-refractivity contribution in [1.29, 1.82) is 0 Å². The van der Waals surface area contributed by atoms with Crippen LogP contribution in [-0.4, -0.2) is 33.5 Å². The zero-order chi connectivity index (χ0) is 25.0. The highest BCUT2D eigenvalue weighted by Crippen LogP contribution is 2.62. The van der Waals surface area contributed by atoms with Crippen LogP contribution >= 0.6 is 0 Å². The predicted octanol–water partition coefficient (Wildman–Crippen LogP) is 4.11. The first kappa shape index (κ1) is 21.8. The Morgan fingerprint density at radius 1 is 1.25 bits per heavy atom. The first-order chi connectivity index (χ1) is 17.3. The molecule has 1 fully saturated rings. The van der Waals surface area contributed by atoms with E-state index >= 15 is 0 Å². The van der Waals surface area contributed by atoms with E-state index in [0.29, 0.717) is 35.8 Å². The zero-order valence-corrected chi connectivity index (χ0v) is 19.1. The molecule has 0 radical (unpaired) electrons. The number of carbonyl (C=O) groups is 2. The summed E-state index contributed by atoms with van der Waals surface area (Å²) in [5.74, 6) is 2.35. The van der Waals surface area contributed by atoms with Gasteiger partial charge in [-0.25, -0.2) is 9.78 Å². The van der Waals surface area contributed by atoms with Crippen molar-refractivity contribution in [3.8, 4) is 17.2 Å². The summed E-state index contributed by atoms with van der Waals surface area (Å²) in [7, 11) is 0. The van der Waals surface area contributed by atoms with Crippen LogP contribution < -0.4 is 25.4 Å². The number of anilines is 2. The van der Waals surface area contributed by atoms with Crippen LogP contribution in [0.4, 0.5) is 22.0 Å². The van der Waals surface area contributed by atoms with E-state index in [1.165, 1.54) is 18.2 Å². The molecule has 3 aliphatic rings. The van der Waals surface area contributed by atoms with Crippen molar-refractivity contribution >= 4 is 29.1 Å². The van der Waals surface area contributed by atoms with E-state index in [2.05, 4.69) is 20.9 Å². The smallest absolute Gasteiger partial charge is 0.319 e. The molecule has 0 spiro atoms. The molecule has 182 valence electrons. The first-order valence-electron chi connectivity index (χ1n) is 11.4. The normalized spacial score (nSPS) is 22.8. The van der Waals surface area contributed by atoms with Crippen LogP contribution in [0.15, 0.2) is 54.7 Å². The van der Waals surface area contributed by atoms with Crippen molar-refractivity contribution in [2.75, 3.05) is 10.6 Å². The van der Waals surface area contributed by atoms with Gasteiger partial charge in [-0.15, -0.1) is 0 Å². The summed E-state index contributed by atoms with van der Waals surface area (Å²) in [5, 5.41) is 19.3. The number of nitrogens with zero attached hydrogens (tertiary/aromatic N) is 2. The van der Waals surface area contributed by atoms with Gasteiger partial charge in [-0.3, -0.25) is 14.9 Å². The van der Waals surface area contributed by atoms with Crippen LogP contribution in [0.1, 0.15) is 30.4 Å². The summed E-state index contributed by atoms with van der Waals surface area (Å²) in [5.41, 5.74) is 1.40. The molecule has 1 unspecified atom stereocenters. The first-order valence-corrected chi connectivity index (χ1v) is 11.4. The topological polar surface area (TPSA) is 145 Å². The summed E-state index contributed by atoms with van der Waals surface area (Å²) in [6.07, 6.45) is 2.51. The number of nitrogens with one attached hydrogen (secondary N) is 3. The molecule has 3 atom stereocenters. The molecule has 1 aromatic heterocycles. The summed E-state index contributed by atoms with van der Waals surface area (Å²) >= 11 is 0. The fourth-order valence-electron chi connectivity index (χ4n) is 4.98. The molecule has 0 bridgehead atoms. The third-order valence-electron chi connectivity index (χ3n) is 6.81. The largest absolute Gasteiger partial charge is 0.484 e. The lowest BCUT2D eigenvalue weighted by Crippen LogP contribution is -2.36. The maximum absolute atomic E-state index is 12.6. The summed E-state index contributed by atoms with van der Waals surface area (Å²) in [4.78, 5) is 39.0. The van der Waals surface area contributed by atoms with E-state index in [1.54, 1.807) is 18.3 Å². The minimum absolute atomic E-state index is 0.0667. The third-order valence-corrected chi connectivity index (χ3v) is 6.81. The van der Waals surface area contributed by atoms with E-state index in [9.17, 15) is 19.7 Å². The Morgan fingerprint density at radius 3 is 2.94 bits per heavy atom. The average molecular weight is 487 g/mol. The fraction of sp³-hybridized carbons (Fsp3) is 0.240. The van der Waals surface area contributed by atoms with E-state index in [-0.39, 0.29) is 23.6 Å². The van der Waals surface area contributed by atoms with Crippen molar-refractivity contribution in [2.45, 2.75) is 37.3 Å². The molecular formula is C25H21N5O6. The summed E-state index contributed by atoms with van der Waals surface area (Å²) < 4.78 is 12.3. The van der Waals surface area contributed by atoms with Gasteiger partial charge in [0.15, 0.2) is 0 Å². The lowest BCUT2D eigenvalue weighted by atomic mass is 10.1. The van der Waals surface area contributed by atoms with E-state index in [0.717, 1.165) is 16.9 Å². The number of fused-ring (bicyclic) bond motifs is 4. The molecule has 1 aliphatic carbocycles. The summed E-state index contributed by atoms with van der Waals surface area (Å²) in [6, 6.07) is 12.3. The number of hydrogen-bond acceptors (Lipinski definition) is 7. The van der Waals surface area contributed by atoms with Crippen LogP contribution in [0.5, 0.6) is 17.2 Å². The van der Waals surface area contributed by atoms with Crippen molar-refractivity contribution in [2.24, 2.45) is 0 Å². The standard InChI is InChI=1S/C25H21N5O6/c1-25-21(22(25)29-24(32)27-13-3-2-4-14(11-13)30(33)34)17-12-15(5-7-19(17)36-25)35-18-9-10-26-23-16(18)6-8-20(31)28-23/h2-5,7,9-12,21-22H,6,8H2,1H3,(H,26,28,31)(H2,27,29,32)/t21-,22-,25?/m0/s1. The number of carbonyl (C=O) groups excluding carboxylic acids is 2. The number of pyridine rings is 1. The second kappa shape index (κ2) is 7.94. The highest BCUT2D eigenvalue weighted by Gasteiger charge is 2.70. The molecule has 3 N–H and O–H groups in total. The summed E-state index contributed by atoms with van der Waals surface area (Å²) in [6.45, 7) is 1.93. The van der Waals surface area contributed by atoms with Crippen molar-refractivity contribution in [1.82, 2.24) is 10.3 Å². The number of urea groups is 1. The molecule has 36 heavy (non-hydrogen) atoms. The number of hydrogen-bond donors (Lipinski definition) is 3. The van der Waals surface area contributed by atoms with Crippen LogP contribution in [-0.2, 0) is 11.2 Å². The third kappa shape index (κ3) is 3.65. The molecule has 3 aromatic rings. The quantitative estimate of drug-likeness (QED) is 0.363. The van der Waals surface area contributed by atoms with Gasteiger partial charge >= 0.3 is 6.03 Å². The van der Waals surface area contributed by atoms with Crippen LogP contribution in [0.3, 0.4) is 0 Å². The molecular weight excluding hydrogens is 466 g/mol. The zero-order valence-electron chi connectivity index (χ0n) is 19.1. The predicted molar refractivity (Wildman–Crippen MR) is 129 cm³/mol. The molecule has 0 saturated heterocycles. The molecule has 3 heterocycles. The molecule has 6 rings (SSSR count).